The lowest BCUT2D eigenvalue weighted by atomic mass is 10.2. The molecule has 1 saturated heterocycles. The number of carboxylic acid groups (broad SMARTS) is 1. The van der Waals surface area contributed by atoms with Crippen LogP contribution in [0, 0.1) is 0 Å². The van der Waals surface area contributed by atoms with Gasteiger partial charge in [0.25, 0.3) is 0 Å². The van der Waals surface area contributed by atoms with E-state index in [1.807, 2.05) is 12.3 Å². The van der Waals surface area contributed by atoms with E-state index in [2.05, 4.69) is 4.98 Å². The molecule has 0 radical (unpaired) electrons. The molecule has 18 heavy (non-hydrogen) atoms. The summed E-state index contributed by atoms with van der Waals surface area (Å²) in [5, 5.41) is 11.9. The van der Waals surface area contributed by atoms with Crippen LogP contribution in [0.4, 0.5) is 0 Å². The minimum Gasteiger partial charge on any atom is -0.480 e. The highest BCUT2D eigenvalue weighted by Crippen LogP contribution is 2.19. The number of likely N-dealkylation sites (tertiary alicyclic amines) is 1. The first-order valence-corrected chi connectivity index (χ1v) is 6.95. The summed E-state index contributed by atoms with van der Waals surface area (Å²) < 4.78 is 0. The van der Waals surface area contributed by atoms with E-state index in [-0.39, 0.29) is 12.3 Å². The molecule has 0 aliphatic carbocycles. The Morgan fingerprint density at radius 3 is 3.00 bits per heavy atom. The maximum atomic E-state index is 12.1. The molecule has 6 heteroatoms. The molecule has 1 aliphatic heterocycles. The maximum absolute atomic E-state index is 12.1. The minimum absolute atomic E-state index is 0.132. The Bertz CT molecular complexity index is 458. The molecular weight excluding hydrogens is 252 g/mol. The normalized spacial score (nSPS) is 19.2. The van der Waals surface area contributed by atoms with Gasteiger partial charge in [-0.25, -0.2) is 9.78 Å². The van der Waals surface area contributed by atoms with Gasteiger partial charge in [0.05, 0.1) is 17.1 Å². The number of carbonyl (C=O) groups excluding carboxylic acids is 1. The van der Waals surface area contributed by atoms with Gasteiger partial charge >= 0.3 is 5.97 Å². The molecule has 0 bridgehead atoms. The molecule has 0 unspecified atom stereocenters. The number of amides is 1. The summed E-state index contributed by atoms with van der Waals surface area (Å²) in [5.74, 6) is -1.04. The van der Waals surface area contributed by atoms with Gasteiger partial charge in [-0.15, -0.1) is 11.3 Å². The standard InChI is InChI=1S/C12H16N2O3S/c1-2-10-13-8(7-18-10)6-11(15)14-5-3-4-9(14)12(16)17/h7,9H,2-6H2,1H3,(H,16,17)/t9-/m1/s1. The van der Waals surface area contributed by atoms with Crippen molar-refractivity contribution in [2.45, 2.75) is 38.6 Å². The smallest absolute Gasteiger partial charge is 0.326 e. The fourth-order valence-electron chi connectivity index (χ4n) is 2.17. The number of carbonyl (C=O) groups is 2. The number of aliphatic carboxylic acids is 1. The van der Waals surface area contributed by atoms with Gasteiger partial charge < -0.3 is 10.0 Å². The van der Waals surface area contributed by atoms with Crippen LogP contribution in [-0.2, 0) is 22.4 Å². The zero-order valence-electron chi connectivity index (χ0n) is 10.3. The van der Waals surface area contributed by atoms with Crippen LogP contribution in [0.2, 0.25) is 0 Å². The molecule has 0 aromatic carbocycles. The fraction of sp³-hybridized carbons (Fsp3) is 0.583. The lowest BCUT2D eigenvalue weighted by Gasteiger charge is -2.20. The minimum atomic E-state index is -0.909. The van der Waals surface area contributed by atoms with Crippen molar-refractivity contribution < 1.29 is 14.7 Å². The Morgan fingerprint density at radius 2 is 2.39 bits per heavy atom. The van der Waals surface area contributed by atoms with E-state index < -0.39 is 12.0 Å². The second-order valence-electron chi connectivity index (χ2n) is 4.35. The van der Waals surface area contributed by atoms with Crippen LogP contribution >= 0.6 is 11.3 Å². The van der Waals surface area contributed by atoms with Crippen LogP contribution in [0.25, 0.3) is 0 Å². The summed E-state index contributed by atoms with van der Waals surface area (Å²) in [6.45, 7) is 2.56. The molecule has 2 rings (SSSR count). The number of aromatic nitrogens is 1. The molecule has 1 aliphatic rings. The average molecular weight is 268 g/mol. The highest BCUT2D eigenvalue weighted by Gasteiger charge is 2.33. The SMILES string of the molecule is CCc1nc(CC(=O)N2CCC[C@@H]2C(=O)O)cs1. The van der Waals surface area contributed by atoms with Crippen molar-refractivity contribution in [3.8, 4) is 0 Å². The predicted molar refractivity (Wildman–Crippen MR) is 67.6 cm³/mol. The summed E-state index contributed by atoms with van der Waals surface area (Å²) >= 11 is 1.54. The molecule has 1 aromatic rings. The van der Waals surface area contributed by atoms with Crippen molar-refractivity contribution in [1.29, 1.82) is 0 Å². The molecule has 1 amide bonds. The van der Waals surface area contributed by atoms with E-state index >= 15 is 0 Å². The van der Waals surface area contributed by atoms with E-state index in [1.165, 1.54) is 4.90 Å². The van der Waals surface area contributed by atoms with Gasteiger partial charge in [0.15, 0.2) is 0 Å². The molecule has 1 fully saturated rings. The fourth-order valence-corrected chi connectivity index (χ4v) is 2.92. The maximum Gasteiger partial charge on any atom is 0.326 e. The first-order valence-electron chi connectivity index (χ1n) is 6.07. The van der Waals surface area contributed by atoms with Crippen LogP contribution in [0.3, 0.4) is 0 Å². The van der Waals surface area contributed by atoms with Gasteiger partial charge in [0, 0.05) is 11.9 Å². The van der Waals surface area contributed by atoms with Gasteiger partial charge in [-0.1, -0.05) is 6.92 Å². The Kier molecular flexibility index (Phi) is 3.96. The Balaban J connectivity index is 2.01. The Hall–Kier alpha value is -1.43. The predicted octanol–water partition coefficient (Wildman–Crippen LogP) is 1.32. The van der Waals surface area contributed by atoms with Gasteiger partial charge in [-0.05, 0) is 19.3 Å². The van der Waals surface area contributed by atoms with Crippen LogP contribution in [-0.4, -0.2) is 39.5 Å². The third-order valence-electron chi connectivity index (χ3n) is 3.09. The first kappa shape index (κ1) is 13.0. The zero-order valence-corrected chi connectivity index (χ0v) is 11.1. The highest BCUT2D eigenvalue weighted by molar-refractivity contribution is 7.09. The Morgan fingerprint density at radius 1 is 1.61 bits per heavy atom. The summed E-state index contributed by atoms with van der Waals surface area (Å²) in [6, 6.07) is -0.651. The lowest BCUT2D eigenvalue weighted by Crippen LogP contribution is -2.41. The van der Waals surface area contributed by atoms with Gasteiger partial charge in [-0.2, -0.15) is 0 Å². The molecule has 1 N–H and O–H groups in total. The molecule has 0 spiro atoms. The quantitative estimate of drug-likeness (QED) is 0.894. The zero-order chi connectivity index (χ0) is 13.1. The number of hydrogen-bond donors (Lipinski definition) is 1. The lowest BCUT2D eigenvalue weighted by molar-refractivity contribution is -0.148. The van der Waals surface area contributed by atoms with E-state index in [0.717, 1.165) is 23.5 Å². The molecule has 98 valence electrons. The number of rotatable bonds is 4. The summed E-state index contributed by atoms with van der Waals surface area (Å²) in [6.07, 6.45) is 2.39. The van der Waals surface area contributed by atoms with Crippen molar-refractivity contribution in [2.75, 3.05) is 6.54 Å². The van der Waals surface area contributed by atoms with Gasteiger partial charge in [0.1, 0.15) is 6.04 Å². The van der Waals surface area contributed by atoms with Crippen molar-refractivity contribution >= 4 is 23.2 Å². The molecular formula is C12H16N2O3S. The summed E-state index contributed by atoms with van der Waals surface area (Å²) in [7, 11) is 0. The van der Waals surface area contributed by atoms with Crippen molar-refractivity contribution in [1.82, 2.24) is 9.88 Å². The first-order chi connectivity index (χ1) is 8.61. The number of aryl methyl sites for hydroxylation is 1. The van der Waals surface area contributed by atoms with E-state index in [9.17, 15) is 9.59 Å². The van der Waals surface area contributed by atoms with Crippen molar-refractivity contribution in [3.63, 3.8) is 0 Å². The number of hydrogen-bond acceptors (Lipinski definition) is 4. The molecule has 1 aromatic heterocycles. The van der Waals surface area contributed by atoms with Crippen LogP contribution < -0.4 is 0 Å². The second kappa shape index (κ2) is 5.48. The third kappa shape index (κ3) is 2.69. The largest absolute Gasteiger partial charge is 0.480 e. The van der Waals surface area contributed by atoms with Crippen LogP contribution in [0.1, 0.15) is 30.5 Å². The van der Waals surface area contributed by atoms with Crippen molar-refractivity contribution in [2.24, 2.45) is 0 Å². The third-order valence-corrected chi connectivity index (χ3v) is 4.13. The van der Waals surface area contributed by atoms with Crippen molar-refractivity contribution in [3.05, 3.63) is 16.1 Å². The number of nitrogens with zero attached hydrogens (tertiary/aromatic N) is 2. The molecule has 5 nitrogen and oxygen atoms in total. The van der Waals surface area contributed by atoms with E-state index in [1.54, 1.807) is 11.3 Å². The summed E-state index contributed by atoms with van der Waals surface area (Å²) in [4.78, 5) is 28.9. The molecule has 0 saturated carbocycles. The Labute approximate surface area is 109 Å². The van der Waals surface area contributed by atoms with E-state index in [4.69, 9.17) is 5.11 Å². The molecule has 1 atom stereocenters. The number of carboxylic acids is 1. The summed E-state index contributed by atoms with van der Waals surface area (Å²) in [5.41, 5.74) is 0.748. The van der Waals surface area contributed by atoms with Crippen LogP contribution in [0.5, 0.6) is 0 Å². The molecule has 2 heterocycles. The second-order valence-corrected chi connectivity index (χ2v) is 5.29. The topological polar surface area (TPSA) is 70.5 Å². The average Bonchev–Trinajstić information content (AvgIpc) is 2.96. The van der Waals surface area contributed by atoms with Crippen LogP contribution in [0.15, 0.2) is 5.38 Å². The number of thiazole rings is 1. The van der Waals surface area contributed by atoms with E-state index in [0.29, 0.717) is 13.0 Å². The monoisotopic (exact) mass is 268 g/mol. The van der Waals surface area contributed by atoms with Gasteiger partial charge in [0.2, 0.25) is 5.91 Å². The van der Waals surface area contributed by atoms with Gasteiger partial charge in [-0.3, -0.25) is 4.79 Å². The highest BCUT2D eigenvalue weighted by atomic mass is 32.1.